The number of hydrogen-bond donors (Lipinski definition) is 1. The van der Waals surface area contributed by atoms with Crippen LogP contribution in [0.1, 0.15) is 31.9 Å². The van der Waals surface area contributed by atoms with Crippen molar-refractivity contribution in [2.75, 3.05) is 0 Å². The fourth-order valence-corrected chi connectivity index (χ4v) is 2.34. The fourth-order valence-electron chi connectivity index (χ4n) is 2.34. The summed E-state index contributed by atoms with van der Waals surface area (Å²) >= 11 is 0. The van der Waals surface area contributed by atoms with E-state index in [-0.39, 0.29) is 11.9 Å². The van der Waals surface area contributed by atoms with E-state index in [9.17, 15) is 23.1 Å². The minimum Gasteiger partial charge on any atom is -0.479 e. The van der Waals surface area contributed by atoms with Gasteiger partial charge >= 0.3 is 12.3 Å². The third-order valence-electron chi connectivity index (χ3n) is 3.78. The van der Waals surface area contributed by atoms with Crippen molar-refractivity contribution in [2.45, 2.75) is 38.8 Å². The Bertz CT molecular complexity index is 741. The maximum Gasteiger partial charge on any atom is 0.573 e. The van der Waals surface area contributed by atoms with Crippen molar-refractivity contribution in [1.29, 1.82) is 0 Å². The van der Waals surface area contributed by atoms with Crippen molar-refractivity contribution < 1.29 is 32.5 Å². The zero-order chi connectivity index (χ0) is 19.3. The lowest BCUT2D eigenvalue weighted by Crippen LogP contribution is -2.20. The molecule has 2 rings (SSSR count). The summed E-state index contributed by atoms with van der Waals surface area (Å²) in [6.07, 6.45) is -5.41. The Labute approximate surface area is 149 Å². The van der Waals surface area contributed by atoms with Crippen molar-refractivity contribution in [1.82, 2.24) is 0 Å². The van der Waals surface area contributed by atoms with Crippen LogP contribution in [0, 0.1) is 0 Å². The summed E-state index contributed by atoms with van der Waals surface area (Å²) in [4.78, 5) is 11.5. The molecular weight excluding hydrogens is 349 g/mol. The van der Waals surface area contributed by atoms with Crippen LogP contribution < -0.4 is 4.74 Å². The van der Waals surface area contributed by atoms with E-state index >= 15 is 0 Å². The van der Waals surface area contributed by atoms with E-state index in [0.717, 1.165) is 0 Å². The SMILES string of the molecule is CCC(C)OC(C(=O)O)c1cccc(-c2ccc(OC(F)(F)F)cc2)c1. The molecule has 0 aliphatic rings. The lowest BCUT2D eigenvalue weighted by Gasteiger charge is -2.19. The van der Waals surface area contributed by atoms with Gasteiger partial charge in [0.05, 0.1) is 6.10 Å². The Balaban J connectivity index is 2.26. The number of ether oxygens (including phenoxy) is 2. The molecule has 2 aromatic carbocycles. The van der Waals surface area contributed by atoms with Gasteiger partial charge in [-0.05, 0) is 48.2 Å². The normalized spacial score (nSPS) is 13.9. The van der Waals surface area contributed by atoms with E-state index in [1.807, 2.05) is 6.92 Å². The maximum absolute atomic E-state index is 12.2. The fraction of sp³-hybridized carbons (Fsp3) is 0.316. The van der Waals surface area contributed by atoms with Gasteiger partial charge in [-0.3, -0.25) is 0 Å². The molecule has 140 valence electrons. The van der Waals surface area contributed by atoms with Crippen LogP contribution in [-0.2, 0) is 9.53 Å². The zero-order valence-corrected chi connectivity index (χ0v) is 14.3. The first-order chi connectivity index (χ1) is 12.2. The van der Waals surface area contributed by atoms with Gasteiger partial charge in [0.2, 0.25) is 0 Å². The smallest absolute Gasteiger partial charge is 0.479 e. The number of alkyl halides is 3. The van der Waals surface area contributed by atoms with E-state index < -0.39 is 18.4 Å². The summed E-state index contributed by atoms with van der Waals surface area (Å²) in [5.74, 6) is -1.42. The number of carboxylic acids is 1. The molecule has 0 spiro atoms. The highest BCUT2D eigenvalue weighted by molar-refractivity contribution is 5.76. The molecule has 0 saturated carbocycles. The first kappa shape index (κ1) is 19.8. The average Bonchev–Trinajstić information content (AvgIpc) is 2.58. The molecule has 0 amide bonds. The Morgan fingerprint density at radius 2 is 1.77 bits per heavy atom. The first-order valence-corrected chi connectivity index (χ1v) is 8.04. The van der Waals surface area contributed by atoms with Crippen LogP contribution in [0.4, 0.5) is 13.2 Å². The van der Waals surface area contributed by atoms with Gasteiger partial charge in [0.1, 0.15) is 5.75 Å². The highest BCUT2D eigenvalue weighted by Gasteiger charge is 2.31. The van der Waals surface area contributed by atoms with E-state index in [2.05, 4.69) is 4.74 Å². The molecule has 2 atom stereocenters. The Morgan fingerprint density at radius 3 is 2.31 bits per heavy atom. The number of rotatable bonds is 7. The summed E-state index contributed by atoms with van der Waals surface area (Å²) in [7, 11) is 0. The van der Waals surface area contributed by atoms with Gasteiger partial charge in [-0.25, -0.2) is 4.79 Å². The number of aliphatic carboxylic acids is 1. The van der Waals surface area contributed by atoms with Gasteiger partial charge in [-0.1, -0.05) is 37.3 Å². The number of hydrogen-bond acceptors (Lipinski definition) is 3. The van der Waals surface area contributed by atoms with Crippen molar-refractivity contribution in [3.8, 4) is 16.9 Å². The lowest BCUT2D eigenvalue weighted by atomic mass is 10.0. The second-order valence-electron chi connectivity index (χ2n) is 5.77. The maximum atomic E-state index is 12.2. The number of benzene rings is 2. The average molecular weight is 368 g/mol. The second-order valence-corrected chi connectivity index (χ2v) is 5.77. The minimum atomic E-state index is -4.75. The van der Waals surface area contributed by atoms with Crippen molar-refractivity contribution in [2.24, 2.45) is 0 Å². The molecule has 0 heterocycles. The van der Waals surface area contributed by atoms with Gasteiger partial charge in [-0.15, -0.1) is 13.2 Å². The van der Waals surface area contributed by atoms with Crippen LogP contribution in [0.15, 0.2) is 48.5 Å². The quantitative estimate of drug-likeness (QED) is 0.730. The number of carboxylic acid groups (broad SMARTS) is 1. The highest BCUT2D eigenvalue weighted by Crippen LogP contribution is 2.29. The monoisotopic (exact) mass is 368 g/mol. The number of halogens is 3. The van der Waals surface area contributed by atoms with Crippen LogP contribution in [0.5, 0.6) is 5.75 Å². The Hall–Kier alpha value is -2.54. The van der Waals surface area contributed by atoms with Gasteiger partial charge in [-0.2, -0.15) is 0 Å². The molecule has 7 heteroatoms. The van der Waals surface area contributed by atoms with Crippen LogP contribution in [-0.4, -0.2) is 23.5 Å². The molecule has 0 saturated heterocycles. The van der Waals surface area contributed by atoms with E-state index in [0.29, 0.717) is 23.1 Å². The predicted molar refractivity (Wildman–Crippen MR) is 89.8 cm³/mol. The predicted octanol–water partition coefficient (Wildman–Crippen LogP) is 5.19. The topological polar surface area (TPSA) is 55.8 Å². The third-order valence-corrected chi connectivity index (χ3v) is 3.78. The van der Waals surface area contributed by atoms with Crippen molar-refractivity contribution in [3.05, 3.63) is 54.1 Å². The molecule has 0 aliphatic heterocycles. The summed E-state index contributed by atoms with van der Waals surface area (Å²) in [5.41, 5.74) is 1.76. The summed E-state index contributed by atoms with van der Waals surface area (Å²) < 4.78 is 46.1. The van der Waals surface area contributed by atoms with Crippen LogP contribution in [0.25, 0.3) is 11.1 Å². The van der Waals surface area contributed by atoms with Gasteiger partial charge in [0.25, 0.3) is 0 Å². The largest absolute Gasteiger partial charge is 0.573 e. The van der Waals surface area contributed by atoms with Gasteiger partial charge in [0.15, 0.2) is 6.10 Å². The van der Waals surface area contributed by atoms with Crippen LogP contribution in [0.3, 0.4) is 0 Å². The minimum absolute atomic E-state index is 0.224. The van der Waals surface area contributed by atoms with Gasteiger partial charge in [0, 0.05) is 0 Å². The molecule has 0 aromatic heterocycles. The van der Waals surface area contributed by atoms with Gasteiger partial charge < -0.3 is 14.6 Å². The zero-order valence-electron chi connectivity index (χ0n) is 14.3. The lowest BCUT2D eigenvalue weighted by molar-refractivity contribution is -0.274. The molecule has 0 fully saturated rings. The molecule has 0 aliphatic carbocycles. The standard InChI is InChI=1S/C19H19F3O4/c1-3-12(2)25-17(18(23)24)15-6-4-5-14(11-15)13-7-9-16(10-8-13)26-19(20,21)22/h4-12,17H,3H2,1-2H3,(H,23,24). The highest BCUT2D eigenvalue weighted by atomic mass is 19.4. The molecule has 26 heavy (non-hydrogen) atoms. The van der Waals surface area contributed by atoms with E-state index in [1.54, 1.807) is 31.2 Å². The molecule has 0 radical (unpaired) electrons. The van der Waals surface area contributed by atoms with Crippen molar-refractivity contribution in [3.63, 3.8) is 0 Å². The van der Waals surface area contributed by atoms with Crippen molar-refractivity contribution >= 4 is 5.97 Å². The van der Waals surface area contributed by atoms with E-state index in [4.69, 9.17) is 4.74 Å². The second kappa shape index (κ2) is 8.23. The summed E-state index contributed by atoms with van der Waals surface area (Å²) in [5, 5.41) is 9.43. The van der Waals surface area contributed by atoms with E-state index in [1.165, 1.54) is 24.3 Å². The molecule has 2 aromatic rings. The van der Waals surface area contributed by atoms with Crippen LogP contribution in [0.2, 0.25) is 0 Å². The number of carbonyl (C=O) groups is 1. The molecule has 2 unspecified atom stereocenters. The Kier molecular flexibility index (Phi) is 6.26. The molecule has 4 nitrogen and oxygen atoms in total. The summed E-state index contributed by atoms with van der Waals surface area (Å²) in [6.45, 7) is 3.68. The molecule has 0 bridgehead atoms. The molecule has 1 N–H and O–H groups in total. The first-order valence-electron chi connectivity index (χ1n) is 8.04. The Morgan fingerprint density at radius 1 is 1.12 bits per heavy atom. The summed E-state index contributed by atoms with van der Waals surface area (Å²) in [6, 6.07) is 12.1. The third kappa shape index (κ3) is 5.49. The molecular formula is C19H19F3O4. The van der Waals surface area contributed by atoms with Crippen LogP contribution >= 0.6 is 0 Å².